The molecule has 1 saturated carbocycles. The zero-order chi connectivity index (χ0) is 38.5. The average molecular weight is 750 g/mol. The number of piperidine rings is 1. The minimum Gasteiger partial charge on any atom is -0.459 e. The molecule has 5 heterocycles. The van der Waals surface area contributed by atoms with Gasteiger partial charge in [-0.1, -0.05) is 19.3 Å². The molecule has 0 radical (unpaired) electrons. The lowest BCUT2D eigenvalue weighted by Crippen LogP contribution is -2.36. The Bertz CT molecular complexity index is 1810. The molecule has 3 aliphatic heterocycles. The first kappa shape index (κ1) is 39.4. The molecule has 14 heteroatoms. The minimum absolute atomic E-state index is 0.0175. The molecule has 1 amide bonds. The summed E-state index contributed by atoms with van der Waals surface area (Å²) in [4.78, 5) is 30.3. The first-order valence-corrected chi connectivity index (χ1v) is 19.7. The van der Waals surface area contributed by atoms with Gasteiger partial charge >= 0.3 is 5.97 Å². The number of aryl methyl sites for hydroxylation is 1. The van der Waals surface area contributed by atoms with Crippen molar-refractivity contribution in [1.29, 1.82) is 0 Å². The number of anilines is 2. The van der Waals surface area contributed by atoms with Crippen molar-refractivity contribution in [1.82, 2.24) is 34.8 Å². The fourth-order valence-corrected chi connectivity index (χ4v) is 8.32. The quantitative estimate of drug-likeness (QED) is 0.149. The molecule has 0 bridgehead atoms. The number of carbonyl (C=O) groups excluding carboxylic acids is 2. The minimum atomic E-state index is -2.62. The second kappa shape index (κ2) is 17.4. The van der Waals surface area contributed by atoms with Crippen LogP contribution in [0.3, 0.4) is 0 Å². The fourth-order valence-electron chi connectivity index (χ4n) is 8.32. The largest absolute Gasteiger partial charge is 0.459 e. The molecule has 294 valence electrons. The molecule has 0 unspecified atom stereocenters. The van der Waals surface area contributed by atoms with Crippen molar-refractivity contribution in [3.63, 3.8) is 0 Å². The van der Waals surface area contributed by atoms with Crippen LogP contribution in [0, 0.1) is 0 Å². The molecule has 1 N–H and O–H groups in total. The molecule has 1 aliphatic carbocycles. The third kappa shape index (κ3) is 8.79. The van der Waals surface area contributed by atoms with Crippen LogP contribution in [-0.4, -0.2) is 93.3 Å². The Morgan fingerprint density at radius 2 is 1.70 bits per heavy atom. The third-order valence-electron chi connectivity index (χ3n) is 11.2. The molecular weight excluding hydrogens is 692 g/mol. The average Bonchev–Trinajstić information content (AvgIpc) is 3.81. The summed E-state index contributed by atoms with van der Waals surface area (Å²) < 4.78 is 37.8. The molecular formula is C40H57F2N9O3. The molecule has 0 spiro atoms. The van der Waals surface area contributed by atoms with Crippen molar-refractivity contribution >= 4 is 29.1 Å². The van der Waals surface area contributed by atoms with Crippen molar-refractivity contribution in [3.05, 3.63) is 58.0 Å². The van der Waals surface area contributed by atoms with Crippen LogP contribution < -0.4 is 10.3 Å². The van der Waals surface area contributed by atoms with E-state index in [1.807, 2.05) is 35.7 Å². The van der Waals surface area contributed by atoms with Gasteiger partial charge in [0.1, 0.15) is 0 Å². The second-order valence-electron chi connectivity index (χ2n) is 15.4. The molecule has 54 heavy (non-hydrogen) atoms. The third-order valence-corrected chi connectivity index (χ3v) is 11.2. The predicted molar refractivity (Wildman–Crippen MR) is 206 cm³/mol. The zero-order valence-corrected chi connectivity index (χ0v) is 32.8. The molecule has 7 rings (SSSR count). The van der Waals surface area contributed by atoms with Gasteiger partial charge in [-0.3, -0.25) is 14.2 Å². The maximum absolute atomic E-state index is 14.3. The van der Waals surface area contributed by atoms with Crippen LogP contribution in [0.1, 0.15) is 136 Å². The highest BCUT2D eigenvalue weighted by Crippen LogP contribution is 2.42. The second-order valence-corrected chi connectivity index (χ2v) is 15.4. The number of esters is 1. The first-order valence-electron chi connectivity index (χ1n) is 19.7. The number of nitrogens with zero attached hydrogens (tertiary/aromatic N) is 8. The first-order chi connectivity index (χ1) is 25.9. The van der Waals surface area contributed by atoms with E-state index in [2.05, 4.69) is 37.2 Å². The number of ether oxygens (including phenoxy) is 1. The summed E-state index contributed by atoms with van der Waals surface area (Å²) in [5.74, 6) is 0.586. The summed E-state index contributed by atoms with van der Waals surface area (Å²) in [7, 11) is 3.81. The number of hydrogen-bond acceptors (Lipinski definition) is 9. The maximum atomic E-state index is 14.3. The molecule has 1 saturated heterocycles. The van der Waals surface area contributed by atoms with E-state index >= 15 is 0 Å². The van der Waals surface area contributed by atoms with Gasteiger partial charge in [0.2, 0.25) is 5.91 Å². The molecule has 1 aromatic carbocycles. The van der Waals surface area contributed by atoms with Crippen molar-refractivity contribution < 1.29 is 23.1 Å². The van der Waals surface area contributed by atoms with E-state index in [-0.39, 0.29) is 23.5 Å². The standard InChI is InChI=1S/C27H37F2N7O.C13H20N2O2/c1-17(31-30-3)21-14-19-6-5-10-35(25(19)15-22(21)26(28)29)27-23-16-34(18(2)37)13-9-24(23)36(32-27)20-7-11-33(4)12-8-20;1-10(2)17-13(16)11-8-14-15(9-11)12-6-4-3-5-7-12/h14-15,20,26,30H,5-13,16H2,1-4H3;8-10,12H,3-7H2,1-2H3/b31-17+;. The van der Waals surface area contributed by atoms with E-state index in [0.717, 1.165) is 67.8 Å². The highest BCUT2D eigenvalue weighted by atomic mass is 19.3. The summed E-state index contributed by atoms with van der Waals surface area (Å²) >= 11 is 0. The van der Waals surface area contributed by atoms with Gasteiger partial charge < -0.3 is 24.9 Å². The molecule has 12 nitrogen and oxygen atoms in total. The summed E-state index contributed by atoms with van der Waals surface area (Å²) in [6.45, 7) is 11.0. The number of hydrazone groups is 1. The lowest BCUT2D eigenvalue weighted by atomic mass is 9.93. The van der Waals surface area contributed by atoms with Gasteiger partial charge in [0.25, 0.3) is 6.43 Å². The number of carbonyl (C=O) groups is 2. The Hall–Kier alpha value is -4.33. The van der Waals surface area contributed by atoms with E-state index < -0.39 is 6.43 Å². The highest BCUT2D eigenvalue weighted by Gasteiger charge is 2.34. The fraction of sp³-hybridized carbons (Fsp3) is 0.625. The molecule has 2 aromatic heterocycles. The van der Waals surface area contributed by atoms with E-state index in [1.165, 1.54) is 37.8 Å². The number of fused-ring (bicyclic) bond motifs is 2. The van der Waals surface area contributed by atoms with E-state index in [4.69, 9.17) is 9.84 Å². The Balaban J connectivity index is 0.000000244. The summed E-state index contributed by atoms with van der Waals surface area (Å²) in [5, 5.41) is 13.6. The SMILES string of the molecule is CC(C)OC(=O)c1cnn(C2CCCCC2)c1.CN/N=C(\C)c1cc2c(cc1C(F)F)N(c1nn(C3CCN(C)CC3)c3c1CN(C(C)=O)CC3)CCC2. The number of aromatic nitrogens is 4. The van der Waals surface area contributed by atoms with E-state index in [9.17, 15) is 18.4 Å². The normalized spacial score (nSPS) is 18.7. The van der Waals surface area contributed by atoms with Gasteiger partial charge in [0.15, 0.2) is 5.82 Å². The zero-order valence-electron chi connectivity index (χ0n) is 32.8. The van der Waals surface area contributed by atoms with E-state index in [0.29, 0.717) is 48.6 Å². The maximum Gasteiger partial charge on any atom is 0.341 e. The monoisotopic (exact) mass is 749 g/mol. The molecule has 2 fully saturated rings. The van der Waals surface area contributed by atoms with Gasteiger partial charge in [-0.05, 0) is 97.1 Å². The van der Waals surface area contributed by atoms with Gasteiger partial charge in [-0.2, -0.15) is 15.3 Å². The smallest absolute Gasteiger partial charge is 0.341 e. The molecule has 0 atom stereocenters. The van der Waals surface area contributed by atoms with Crippen molar-refractivity contribution in [2.45, 2.75) is 123 Å². The van der Waals surface area contributed by atoms with Crippen LogP contribution in [0.2, 0.25) is 0 Å². The van der Waals surface area contributed by atoms with Crippen LogP contribution in [0.4, 0.5) is 20.3 Å². The Kier molecular flexibility index (Phi) is 12.7. The van der Waals surface area contributed by atoms with Crippen molar-refractivity contribution in [2.24, 2.45) is 5.10 Å². The summed E-state index contributed by atoms with van der Waals surface area (Å²) in [6.07, 6.45) is 11.4. The van der Waals surface area contributed by atoms with Gasteiger partial charge in [0, 0.05) is 67.8 Å². The van der Waals surface area contributed by atoms with Crippen LogP contribution in [0.25, 0.3) is 0 Å². The van der Waals surface area contributed by atoms with Gasteiger partial charge in [-0.25, -0.2) is 13.6 Å². The van der Waals surface area contributed by atoms with E-state index in [1.54, 1.807) is 33.2 Å². The Labute approximate surface area is 317 Å². The van der Waals surface area contributed by atoms with Crippen LogP contribution >= 0.6 is 0 Å². The summed E-state index contributed by atoms with van der Waals surface area (Å²) in [6, 6.07) is 4.28. The van der Waals surface area contributed by atoms with Gasteiger partial charge in [0.05, 0.1) is 42.2 Å². The van der Waals surface area contributed by atoms with Crippen molar-refractivity contribution in [3.8, 4) is 0 Å². The lowest BCUT2D eigenvalue weighted by molar-refractivity contribution is -0.129. The number of benzene rings is 1. The van der Waals surface area contributed by atoms with Crippen LogP contribution in [0.15, 0.2) is 29.6 Å². The number of hydrogen-bond donors (Lipinski definition) is 1. The Morgan fingerprint density at radius 3 is 2.37 bits per heavy atom. The number of rotatable bonds is 8. The predicted octanol–water partition coefficient (Wildman–Crippen LogP) is 6.97. The number of amides is 1. The van der Waals surface area contributed by atoms with Crippen LogP contribution in [0.5, 0.6) is 0 Å². The highest BCUT2D eigenvalue weighted by molar-refractivity contribution is 6.01. The van der Waals surface area contributed by atoms with Crippen LogP contribution in [-0.2, 0) is 28.9 Å². The molecule has 4 aliphatic rings. The number of likely N-dealkylation sites (tertiary alicyclic amines) is 1. The molecule has 3 aromatic rings. The number of halogens is 2. The van der Waals surface area contributed by atoms with Crippen molar-refractivity contribution in [2.75, 3.05) is 45.2 Å². The summed E-state index contributed by atoms with van der Waals surface area (Å²) in [5.41, 5.74) is 8.34. The number of alkyl halides is 2. The number of nitrogens with one attached hydrogen (secondary N) is 1. The van der Waals surface area contributed by atoms with Gasteiger partial charge in [-0.15, -0.1) is 0 Å². The lowest BCUT2D eigenvalue weighted by Gasteiger charge is -2.33. The Morgan fingerprint density at radius 1 is 0.963 bits per heavy atom. The topological polar surface area (TPSA) is 113 Å².